The minimum atomic E-state index is 0.334. The summed E-state index contributed by atoms with van der Waals surface area (Å²) in [6, 6.07) is 1.79. The Morgan fingerprint density at radius 1 is 1.47 bits per heavy atom. The largest absolute Gasteiger partial charge is 0.478 e. The molecule has 0 aliphatic heterocycles. The Hall–Kier alpha value is -1.03. The lowest BCUT2D eigenvalue weighted by molar-refractivity contribution is 0.305. The first-order chi connectivity index (χ1) is 9.28. The van der Waals surface area contributed by atoms with Crippen molar-refractivity contribution < 1.29 is 4.74 Å². The third kappa shape index (κ3) is 4.86. The van der Waals surface area contributed by atoms with Crippen LogP contribution < -0.4 is 10.1 Å². The molecule has 1 aliphatic carbocycles. The summed E-state index contributed by atoms with van der Waals surface area (Å²) in [6.07, 6.45) is 7.40. The van der Waals surface area contributed by atoms with Crippen molar-refractivity contribution in [2.75, 3.05) is 18.5 Å². The van der Waals surface area contributed by atoms with E-state index >= 15 is 0 Å². The molecule has 0 amide bonds. The highest BCUT2D eigenvalue weighted by Gasteiger charge is 2.20. The van der Waals surface area contributed by atoms with Gasteiger partial charge in [0.15, 0.2) is 0 Å². The predicted octanol–water partition coefficient (Wildman–Crippen LogP) is 3.47. The number of nitrogens with zero attached hydrogens (tertiary/aromatic N) is 2. The number of nitrogens with one attached hydrogen (secondary N) is 1. The second kappa shape index (κ2) is 7.53. The molecular weight excluding hydrogens is 262 g/mol. The summed E-state index contributed by atoms with van der Waals surface area (Å²) in [7, 11) is 0. The third-order valence-corrected chi connectivity index (χ3v) is 3.75. The van der Waals surface area contributed by atoms with Crippen molar-refractivity contribution in [1.29, 1.82) is 0 Å². The summed E-state index contributed by atoms with van der Waals surface area (Å²) in [5.74, 6) is 1.91. The van der Waals surface area contributed by atoms with E-state index in [1.165, 1.54) is 12.8 Å². The van der Waals surface area contributed by atoms with Crippen molar-refractivity contribution in [2.24, 2.45) is 5.92 Å². The molecule has 106 valence electrons. The zero-order chi connectivity index (χ0) is 13.5. The zero-order valence-electron chi connectivity index (χ0n) is 11.4. The molecular formula is C14H22ClN3O. The van der Waals surface area contributed by atoms with Crippen LogP contribution in [0.3, 0.4) is 0 Å². The molecule has 2 rings (SSSR count). The Balaban J connectivity index is 1.81. The van der Waals surface area contributed by atoms with Gasteiger partial charge in [0.05, 0.1) is 6.61 Å². The molecule has 1 N–H and O–H groups in total. The standard InChI is InChI=1S/C14H22ClN3O/c1-2-8-19-13-6-7-16-14(18-13)17-10-11-4-3-5-12(15)9-11/h6-7,11-12H,2-5,8-10H2,1H3,(H,16,17,18). The van der Waals surface area contributed by atoms with E-state index in [1.54, 1.807) is 12.3 Å². The molecule has 0 aromatic carbocycles. The second-order valence-corrected chi connectivity index (χ2v) is 5.69. The number of rotatable bonds is 6. The first-order valence-corrected chi connectivity index (χ1v) is 7.55. The summed E-state index contributed by atoms with van der Waals surface area (Å²) in [5.41, 5.74) is 0. The van der Waals surface area contributed by atoms with Gasteiger partial charge in [0.2, 0.25) is 11.8 Å². The van der Waals surface area contributed by atoms with Crippen LogP contribution in [0.25, 0.3) is 0 Å². The van der Waals surface area contributed by atoms with Crippen molar-refractivity contribution in [1.82, 2.24) is 9.97 Å². The molecule has 1 heterocycles. The third-order valence-electron chi connectivity index (χ3n) is 3.35. The lowest BCUT2D eigenvalue weighted by Crippen LogP contribution is -2.23. The van der Waals surface area contributed by atoms with Crippen LogP contribution in [0, 0.1) is 5.92 Å². The Bertz CT molecular complexity index is 389. The van der Waals surface area contributed by atoms with E-state index in [0.717, 1.165) is 25.8 Å². The van der Waals surface area contributed by atoms with E-state index in [9.17, 15) is 0 Å². The molecule has 0 bridgehead atoms. The summed E-state index contributed by atoms with van der Waals surface area (Å²) in [4.78, 5) is 8.55. The van der Waals surface area contributed by atoms with Gasteiger partial charge in [0, 0.05) is 24.2 Å². The lowest BCUT2D eigenvalue weighted by Gasteiger charge is -2.25. The van der Waals surface area contributed by atoms with E-state index in [4.69, 9.17) is 16.3 Å². The minimum absolute atomic E-state index is 0.334. The maximum absolute atomic E-state index is 6.20. The van der Waals surface area contributed by atoms with Gasteiger partial charge in [0.25, 0.3) is 0 Å². The van der Waals surface area contributed by atoms with Crippen LogP contribution in [-0.2, 0) is 0 Å². The van der Waals surface area contributed by atoms with Crippen LogP contribution >= 0.6 is 11.6 Å². The molecule has 1 aromatic heterocycles. The number of aromatic nitrogens is 2. The average molecular weight is 284 g/mol. The average Bonchev–Trinajstić information content (AvgIpc) is 2.43. The van der Waals surface area contributed by atoms with Crippen LogP contribution in [0.15, 0.2) is 12.3 Å². The second-order valence-electron chi connectivity index (χ2n) is 5.08. The van der Waals surface area contributed by atoms with Gasteiger partial charge in [-0.1, -0.05) is 13.3 Å². The zero-order valence-corrected chi connectivity index (χ0v) is 12.2. The van der Waals surface area contributed by atoms with Gasteiger partial charge in [-0.15, -0.1) is 11.6 Å². The molecule has 19 heavy (non-hydrogen) atoms. The van der Waals surface area contributed by atoms with Gasteiger partial charge in [0.1, 0.15) is 0 Å². The predicted molar refractivity (Wildman–Crippen MR) is 77.9 cm³/mol. The van der Waals surface area contributed by atoms with Crippen LogP contribution in [0.4, 0.5) is 5.95 Å². The fourth-order valence-electron chi connectivity index (χ4n) is 2.36. The van der Waals surface area contributed by atoms with Gasteiger partial charge in [-0.2, -0.15) is 4.98 Å². The van der Waals surface area contributed by atoms with Crippen molar-refractivity contribution in [2.45, 2.75) is 44.4 Å². The molecule has 2 atom stereocenters. The van der Waals surface area contributed by atoms with Crippen LogP contribution in [0.5, 0.6) is 5.88 Å². The van der Waals surface area contributed by atoms with Crippen LogP contribution in [-0.4, -0.2) is 28.5 Å². The molecule has 1 fully saturated rings. The highest BCUT2D eigenvalue weighted by Crippen LogP contribution is 2.27. The van der Waals surface area contributed by atoms with Gasteiger partial charge in [-0.25, -0.2) is 4.98 Å². The SMILES string of the molecule is CCCOc1ccnc(NCC2CCCC(Cl)C2)n1. The van der Waals surface area contributed by atoms with E-state index in [0.29, 0.717) is 29.7 Å². The van der Waals surface area contributed by atoms with Crippen molar-refractivity contribution >= 4 is 17.5 Å². The number of halogens is 1. The van der Waals surface area contributed by atoms with Gasteiger partial charge < -0.3 is 10.1 Å². The fourth-order valence-corrected chi connectivity index (χ4v) is 2.77. The molecule has 0 saturated heterocycles. The first-order valence-electron chi connectivity index (χ1n) is 7.11. The van der Waals surface area contributed by atoms with Crippen molar-refractivity contribution in [3.8, 4) is 5.88 Å². The molecule has 0 radical (unpaired) electrons. The summed E-state index contributed by atoms with van der Waals surface area (Å²) < 4.78 is 5.49. The summed E-state index contributed by atoms with van der Waals surface area (Å²) in [5, 5.41) is 3.62. The molecule has 0 spiro atoms. The Morgan fingerprint density at radius 3 is 3.16 bits per heavy atom. The molecule has 1 aromatic rings. The van der Waals surface area contributed by atoms with Gasteiger partial charge >= 0.3 is 0 Å². The van der Waals surface area contributed by atoms with Gasteiger partial charge in [-0.05, 0) is 31.6 Å². The molecule has 2 unspecified atom stereocenters. The number of hydrogen-bond donors (Lipinski definition) is 1. The van der Waals surface area contributed by atoms with Crippen molar-refractivity contribution in [3.63, 3.8) is 0 Å². The Morgan fingerprint density at radius 2 is 2.37 bits per heavy atom. The maximum Gasteiger partial charge on any atom is 0.225 e. The highest BCUT2D eigenvalue weighted by atomic mass is 35.5. The first kappa shape index (κ1) is 14.4. The minimum Gasteiger partial charge on any atom is -0.478 e. The molecule has 5 heteroatoms. The molecule has 1 aliphatic rings. The van der Waals surface area contributed by atoms with Crippen LogP contribution in [0.2, 0.25) is 0 Å². The van der Waals surface area contributed by atoms with E-state index < -0.39 is 0 Å². The number of alkyl halides is 1. The molecule has 4 nitrogen and oxygen atoms in total. The highest BCUT2D eigenvalue weighted by molar-refractivity contribution is 6.20. The summed E-state index contributed by atoms with van der Waals surface area (Å²) >= 11 is 6.20. The number of anilines is 1. The monoisotopic (exact) mass is 283 g/mol. The lowest BCUT2D eigenvalue weighted by atomic mass is 9.89. The topological polar surface area (TPSA) is 47.0 Å². The number of hydrogen-bond acceptors (Lipinski definition) is 4. The number of ether oxygens (including phenoxy) is 1. The van der Waals surface area contributed by atoms with E-state index in [2.05, 4.69) is 22.2 Å². The summed E-state index contributed by atoms with van der Waals surface area (Å²) in [6.45, 7) is 3.65. The Labute approximate surface area is 119 Å². The Kier molecular flexibility index (Phi) is 5.70. The molecule has 1 saturated carbocycles. The van der Waals surface area contributed by atoms with Gasteiger partial charge in [-0.3, -0.25) is 0 Å². The smallest absolute Gasteiger partial charge is 0.225 e. The van der Waals surface area contributed by atoms with Crippen molar-refractivity contribution in [3.05, 3.63) is 12.3 Å². The van der Waals surface area contributed by atoms with Crippen LogP contribution in [0.1, 0.15) is 39.0 Å². The quantitative estimate of drug-likeness (QED) is 0.812. The maximum atomic E-state index is 6.20. The fraction of sp³-hybridized carbons (Fsp3) is 0.714. The normalized spacial score (nSPS) is 23.1. The van der Waals surface area contributed by atoms with E-state index in [-0.39, 0.29) is 0 Å². The van der Waals surface area contributed by atoms with E-state index in [1.807, 2.05) is 0 Å².